The summed E-state index contributed by atoms with van der Waals surface area (Å²) < 4.78 is 6.28. The Morgan fingerprint density at radius 2 is 1.95 bits per heavy atom. The lowest BCUT2D eigenvalue weighted by atomic mass is 9.92. The molecule has 2 nitrogen and oxygen atoms in total. The van der Waals surface area contributed by atoms with E-state index in [1.165, 1.54) is 11.1 Å². The second kappa shape index (κ2) is 4.79. The van der Waals surface area contributed by atoms with Gasteiger partial charge in [-0.25, -0.2) is 0 Å². The van der Waals surface area contributed by atoms with E-state index in [4.69, 9.17) is 28.6 Å². The second-order valence-corrected chi connectivity index (χ2v) is 6.76. The summed E-state index contributed by atoms with van der Waals surface area (Å²) in [5.41, 5.74) is 5.15. The Morgan fingerprint density at radius 3 is 2.73 bits per heavy atom. The fourth-order valence-corrected chi connectivity index (χ4v) is 4.03. The van der Waals surface area contributed by atoms with E-state index in [0.29, 0.717) is 11.6 Å². The molecule has 1 saturated heterocycles. The van der Waals surface area contributed by atoms with Gasteiger partial charge in [0.25, 0.3) is 0 Å². The summed E-state index contributed by atoms with van der Waals surface area (Å²) in [6.45, 7) is 5.71. The second-order valence-electron chi connectivity index (χ2n) is 5.94. The van der Waals surface area contributed by atoms with Crippen molar-refractivity contribution in [2.75, 3.05) is 13.2 Å². The van der Waals surface area contributed by atoms with Crippen molar-refractivity contribution in [2.45, 2.75) is 19.6 Å². The molecule has 2 heterocycles. The summed E-state index contributed by atoms with van der Waals surface area (Å²) in [7, 11) is 0. The summed E-state index contributed by atoms with van der Waals surface area (Å²) in [6, 6.07) is 12.4. The van der Waals surface area contributed by atoms with Crippen molar-refractivity contribution in [3.8, 4) is 0 Å². The molecule has 0 N–H and O–H groups in total. The highest BCUT2D eigenvalue weighted by Gasteiger charge is 2.53. The van der Waals surface area contributed by atoms with Gasteiger partial charge >= 0.3 is 0 Å². The monoisotopic (exact) mass is 329 g/mol. The molecule has 4 heteroatoms. The molecule has 0 bridgehead atoms. The Balaban J connectivity index is 2.01. The van der Waals surface area contributed by atoms with E-state index in [2.05, 4.69) is 36.9 Å². The first kappa shape index (κ1) is 14.2. The molecule has 4 rings (SSSR count). The topological polar surface area (TPSA) is 12.5 Å². The minimum atomic E-state index is -0.615. The van der Waals surface area contributed by atoms with Crippen LogP contribution in [0.5, 0.6) is 0 Å². The number of thiocarbonyl (C=S) groups is 1. The molecule has 2 aliphatic heterocycles. The number of nitrogens with zero attached hydrogens (tertiary/aromatic N) is 1. The highest BCUT2D eigenvalue weighted by molar-refractivity contribution is 7.80. The van der Waals surface area contributed by atoms with Gasteiger partial charge in [-0.2, -0.15) is 0 Å². The van der Waals surface area contributed by atoms with Crippen LogP contribution in [0.2, 0.25) is 5.02 Å². The number of rotatable bonds is 1. The van der Waals surface area contributed by atoms with E-state index in [9.17, 15) is 0 Å². The third-order valence-corrected chi connectivity index (χ3v) is 5.40. The highest BCUT2D eigenvalue weighted by atomic mass is 35.5. The minimum absolute atomic E-state index is 0.615. The zero-order valence-electron chi connectivity index (χ0n) is 12.5. The SMILES string of the molecule is Cc1ccc(C23OCCN2C(=S)c2ccc(Cl)cc23)cc1C. The molecule has 0 saturated carbocycles. The lowest BCUT2D eigenvalue weighted by molar-refractivity contribution is -0.0155. The molecular formula is C18H16ClNOS. The molecule has 1 unspecified atom stereocenters. The number of fused-ring (bicyclic) bond motifs is 3. The lowest BCUT2D eigenvalue weighted by Gasteiger charge is -2.33. The maximum Gasteiger partial charge on any atom is 0.195 e. The third kappa shape index (κ3) is 1.73. The van der Waals surface area contributed by atoms with Crippen molar-refractivity contribution in [1.82, 2.24) is 4.90 Å². The minimum Gasteiger partial charge on any atom is -0.345 e. The molecule has 2 aliphatic rings. The fraction of sp³-hybridized carbons (Fsp3) is 0.278. The summed E-state index contributed by atoms with van der Waals surface area (Å²) in [5, 5.41) is 0.710. The van der Waals surface area contributed by atoms with Gasteiger partial charge in [-0.15, -0.1) is 0 Å². The van der Waals surface area contributed by atoms with Gasteiger partial charge < -0.3 is 9.64 Å². The number of ether oxygens (including phenoxy) is 1. The van der Waals surface area contributed by atoms with Gasteiger partial charge in [-0.05, 0) is 37.1 Å². The molecule has 22 heavy (non-hydrogen) atoms. The lowest BCUT2D eigenvalue weighted by Crippen LogP contribution is -2.40. The first-order valence-electron chi connectivity index (χ1n) is 7.38. The molecular weight excluding hydrogens is 314 g/mol. The average Bonchev–Trinajstić information content (AvgIpc) is 3.02. The summed E-state index contributed by atoms with van der Waals surface area (Å²) in [5.74, 6) is 0. The van der Waals surface area contributed by atoms with E-state index < -0.39 is 5.72 Å². The molecule has 0 aliphatic carbocycles. The fourth-order valence-electron chi connectivity index (χ4n) is 3.46. The first-order valence-corrected chi connectivity index (χ1v) is 8.16. The van der Waals surface area contributed by atoms with Gasteiger partial charge in [0.05, 0.1) is 6.61 Å². The van der Waals surface area contributed by atoms with Crippen LogP contribution in [0.4, 0.5) is 0 Å². The van der Waals surface area contributed by atoms with Crippen molar-refractivity contribution in [3.05, 3.63) is 69.2 Å². The molecule has 2 aromatic rings. The van der Waals surface area contributed by atoms with Crippen LogP contribution in [0.25, 0.3) is 0 Å². The zero-order chi connectivity index (χ0) is 15.5. The van der Waals surface area contributed by atoms with Crippen LogP contribution < -0.4 is 0 Å². The van der Waals surface area contributed by atoms with Gasteiger partial charge in [-0.1, -0.05) is 48.1 Å². The van der Waals surface area contributed by atoms with Crippen molar-refractivity contribution in [2.24, 2.45) is 0 Å². The zero-order valence-corrected chi connectivity index (χ0v) is 14.1. The average molecular weight is 330 g/mol. The van der Waals surface area contributed by atoms with Gasteiger partial charge in [0.2, 0.25) is 0 Å². The first-order chi connectivity index (χ1) is 10.5. The van der Waals surface area contributed by atoms with Crippen LogP contribution in [-0.4, -0.2) is 23.0 Å². The third-order valence-electron chi connectivity index (χ3n) is 4.73. The van der Waals surface area contributed by atoms with Crippen LogP contribution in [0.3, 0.4) is 0 Å². The molecule has 0 spiro atoms. The maximum atomic E-state index is 6.28. The Kier molecular flexibility index (Phi) is 3.09. The van der Waals surface area contributed by atoms with Crippen LogP contribution in [-0.2, 0) is 10.5 Å². The summed E-state index contributed by atoms with van der Waals surface area (Å²) in [6.07, 6.45) is 0. The Morgan fingerprint density at radius 1 is 1.14 bits per heavy atom. The predicted molar refractivity (Wildman–Crippen MR) is 92.5 cm³/mol. The van der Waals surface area contributed by atoms with Crippen molar-refractivity contribution < 1.29 is 4.74 Å². The quantitative estimate of drug-likeness (QED) is 0.728. The molecule has 1 fully saturated rings. The highest BCUT2D eigenvalue weighted by Crippen LogP contribution is 2.49. The van der Waals surface area contributed by atoms with E-state index in [-0.39, 0.29) is 0 Å². The molecule has 0 radical (unpaired) electrons. The molecule has 0 aromatic heterocycles. The molecule has 0 amide bonds. The smallest absolute Gasteiger partial charge is 0.195 e. The Hall–Kier alpha value is -1.42. The van der Waals surface area contributed by atoms with Gasteiger partial charge in [0.1, 0.15) is 4.99 Å². The van der Waals surface area contributed by atoms with Crippen molar-refractivity contribution >= 4 is 28.8 Å². The van der Waals surface area contributed by atoms with Gasteiger partial charge in [-0.3, -0.25) is 0 Å². The van der Waals surface area contributed by atoms with Crippen molar-refractivity contribution in [3.63, 3.8) is 0 Å². The predicted octanol–water partition coefficient (Wildman–Crippen LogP) is 4.18. The van der Waals surface area contributed by atoms with E-state index in [1.807, 2.05) is 18.2 Å². The van der Waals surface area contributed by atoms with Crippen LogP contribution >= 0.6 is 23.8 Å². The van der Waals surface area contributed by atoms with E-state index in [1.54, 1.807) is 0 Å². The van der Waals surface area contributed by atoms with Crippen molar-refractivity contribution in [1.29, 1.82) is 0 Å². The number of halogens is 1. The van der Waals surface area contributed by atoms with Crippen LogP contribution in [0.1, 0.15) is 27.8 Å². The number of hydrogen-bond acceptors (Lipinski definition) is 2. The summed E-state index contributed by atoms with van der Waals surface area (Å²) in [4.78, 5) is 3.04. The Bertz CT molecular complexity index is 804. The number of hydrogen-bond donors (Lipinski definition) is 0. The van der Waals surface area contributed by atoms with E-state index in [0.717, 1.165) is 28.2 Å². The Labute approximate surface area is 140 Å². The maximum absolute atomic E-state index is 6.28. The van der Waals surface area contributed by atoms with Gasteiger partial charge in [0.15, 0.2) is 5.72 Å². The molecule has 1 atom stereocenters. The van der Waals surface area contributed by atoms with Gasteiger partial charge in [0, 0.05) is 28.3 Å². The van der Waals surface area contributed by atoms with Crippen LogP contribution in [0, 0.1) is 13.8 Å². The number of aryl methyl sites for hydroxylation is 2. The number of benzene rings is 2. The molecule has 2 aromatic carbocycles. The molecule has 112 valence electrons. The summed E-state index contributed by atoms with van der Waals surface area (Å²) >= 11 is 11.9. The standard InChI is InChI=1S/C18H16ClNOS/c1-11-3-4-13(9-12(11)2)18-16-10-14(19)5-6-15(16)17(22)20(18)7-8-21-18/h3-6,9-10H,7-8H2,1-2H3. The largest absolute Gasteiger partial charge is 0.345 e. The van der Waals surface area contributed by atoms with E-state index >= 15 is 0 Å². The normalized spacial score (nSPS) is 22.9. The van der Waals surface area contributed by atoms with Crippen LogP contribution in [0.15, 0.2) is 36.4 Å².